The van der Waals surface area contributed by atoms with Gasteiger partial charge in [0.1, 0.15) is 0 Å². The highest BCUT2D eigenvalue weighted by atomic mass is 32.2. The molecule has 26 heavy (non-hydrogen) atoms. The number of hydrogen-bond acceptors (Lipinski definition) is 4. The molecule has 0 bridgehead atoms. The van der Waals surface area contributed by atoms with Gasteiger partial charge < -0.3 is 0 Å². The van der Waals surface area contributed by atoms with Crippen molar-refractivity contribution in [1.29, 1.82) is 0 Å². The van der Waals surface area contributed by atoms with Gasteiger partial charge in [-0.15, -0.1) is 0 Å². The van der Waals surface area contributed by atoms with E-state index in [0.717, 1.165) is 16.7 Å². The molecule has 8 heteroatoms. The van der Waals surface area contributed by atoms with Crippen LogP contribution in [0.25, 0.3) is 0 Å². The summed E-state index contributed by atoms with van der Waals surface area (Å²) in [5.74, 6) is -0.0133. The molecule has 0 unspecified atom stereocenters. The number of aryl methyl sites for hydroxylation is 2. The first-order valence-corrected chi connectivity index (χ1v) is 11.6. The fourth-order valence-electron chi connectivity index (χ4n) is 3.04. The van der Waals surface area contributed by atoms with Crippen molar-refractivity contribution in [3.8, 4) is 0 Å². The minimum Gasteiger partial charge on any atom is -0.283 e. The third kappa shape index (κ3) is 4.02. The number of benzene rings is 2. The van der Waals surface area contributed by atoms with Gasteiger partial charge in [-0.2, -0.15) is 0 Å². The van der Waals surface area contributed by atoms with Crippen LogP contribution >= 0.6 is 0 Å². The summed E-state index contributed by atoms with van der Waals surface area (Å²) >= 11 is 0. The third-order valence-electron chi connectivity index (χ3n) is 4.46. The molecule has 1 aliphatic rings. The van der Waals surface area contributed by atoms with Crippen LogP contribution in [0.4, 0.5) is 11.4 Å². The summed E-state index contributed by atoms with van der Waals surface area (Å²) in [6.45, 7) is 4.10. The van der Waals surface area contributed by atoms with Gasteiger partial charge in [0.15, 0.2) is 0 Å². The average Bonchev–Trinajstić information content (AvgIpc) is 2.90. The molecule has 1 aliphatic heterocycles. The highest BCUT2D eigenvalue weighted by molar-refractivity contribution is 7.93. The van der Waals surface area contributed by atoms with E-state index in [2.05, 4.69) is 4.72 Å². The number of hydrogen-bond donors (Lipinski definition) is 1. The third-order valence-corrected chi connectivity index (χ3v) is 7.55. The fourth-order valence-corrected chi connectivity index (χ4v) is 5.95. The maximum atomic E-state index is 12.5. The second-order valence-corrected chi connectivity index (χ2v) is 10.3. The molecule has 1 N–H and O–H groups in total. The van der Waals surface area contributed by atoms with Crippen molar-refractivity contribution in [2.24, 2.45) is 0 Å². The number of anilines is 2. The van der Waals surface area contributed by atoms with Crippen molar-refractivity contribution in [3.63, 3.8) is 0 Å². The Morgan fingerprint density at radius 1 is 1.08 bits per heavy atom. The number of nitrogens with zero attached hydrogens (tertiary/aromatic N) is 1. The van der Waals surface area contributed by atoms with E-state index < -0.39 is 20.0 Å². The average molecular weight is 395 g/mol. The van der Waals surface area contributed by atoms with E-state index >= 15 is 0 Å². The zero-order valence-corrected chi connectivity index (χ0v) is 16.4. The van der Waals surface area contributed by atoms with Gasteiger partial charge in [-0.1, -0.05) is 30.3 Å². The summed E-state index contributed by atoms with van der Waals surface area (Å²) < 4.78 is 53.3. The molecule has 0 radical (unpaired) electrons. The Kier molecular flexibility index (Phi) is 4.98. The van der Waals surface area contributed by atoms with Crippen LogP contribution in [0.2, 0.25) is 0 Å². The number of sulfonamides is 2. The highest BCUT2D eigenvalue weighted by Crippen LogP contribution is 2.30. The molecule has 2 aromatic rings. The maximum Gasteiger partial charge on any atom is 0.236 e. The van der Waals surface area contributed by atoms with Crippen LogP contribution in [0, 0.1) is 13.8 Å². The normalized spacial score (nSPS) is 16.6. The lowest BCUT2D eigenvalue weighted by Crippen LogP contribution is -2.26. The molecule has 1 fully saturated rings. The molecular formula is C18H22N2O4S2. The minimum atomic E-state index is -3.61. The summed E-state index contributed by atoms with van der Waals surface area (Å²) in [6, 6.07) is 12.3. The van der Waals surface area contributed by atoms with Crippen LogP contribution in [-0.2, 0) is 25.8 Å². The Bertz CT molecular complexity index is 1030. The summed E-state index contributed by atoms with van der Waals surface area (Å²) in [5.41, 5.74) is 3.32. The van der Waals surface area contributed by atoms with Crippen LogP contribution in [0.3, 0.4) is 0 Å². The van der Waals surface area contributed by atoms with E-state index in [9.17, 15) is 16.8 Å². The van der Waals surface area contributed by atoms with Crippen LogP contribution in [0.5, 0.6) is 0 Å². The zero-order chi connectivity index (χ0) is 18.9. The summed E-state index contributed by atoms with van der Waals surface area (Å²) in [6.07, 6.45) is 0.574. The van der Waals surface area contributed by atoms with Crippen LogP contribution in [0.15, 0.2) is 42.5 Å². The lowest BCUT2D eigenvalue weighted by atomic mass is 10.1. The molecule has 0 aliphatic carbocycles. The molecule has 6 nitrogen and oxygen atoms in total. The predicted molar refractivity (Wildman–Crippen MR) is 104 cm³/mol. The van der Waals surface area contributed by atoms with E-state index in [-0.39, 0.29) is 11.5 Å². The largest absolute Gasteiger partial charge is 0.283 e. The van der Waals surface area contributed by atoms with Crippen molar-refractivity contribution in [1.82, 2.24) is 0 Å². The van der Waals surface area contributed by atoms with Crippen LogP contribution in [-0.4, -0.2) is 29.1 Å². The summed E-state index contributed by atoms with van der Waals surface area (Å²) in [5, 5.41) is 0. The zero-order valence-electron chi connectivity index (χ0n) is 14.8. The quantitative estimate of drug-likeness (QED) is 0.845. The molecule has 3 rings (SSSR count). The van der Waals surface area contributed by atoms with Gasteiger partial charge in [-0.3, -0.25) is 9.03 Å². The Labute approximate surface area is 155 Å². The molecule has 2 aromatic carbocycles. The van der Waals surface area contributed by atoms with Crippen molar-refractivity contribution in [3.05, 3.63) is 59.2 Å². The maximum absolute atomic E-state index is 12.5. The topological polar surface area (TPSA) is 83.6 Å². The first-order valence-electron chi connectivity index (χ1n) is 8.34. The van der Waals surface area contributed by atoms with Crippen molar-refractivity contribution in [2.75, 3.05) is 21.3 Å². The molecule has 0 aromatic heterocycles. The van der Waals surface area contributed by atoms with E-state index in [1.165, 1.54) is 4.31 Å². The lowest BCUT2D eigenvalue weighted by molar-refractivity contribution is 0.598. The van der Waals surface area contributed by atoms with Gasteiger partial charge in [0, 0.05) is 6.54 Å². The van der Waals surface area contributed by atoms with Gasteiger partial charge >= 0.3 is 0 Å². The monoisotopic (exact) mass is 394 g/mol. The molecule has 140 valence electrons. The van der Waals surface area contributed by atoms with Gasteiger partial charge in [-0.25, -0.2) is 16.8 Å². The van der Waals surface area contributed by atoms with E-state index in [1.807, 2.05) is 26.0 Å². The van der Waals surface area contributed by atoms with Crippen molar-refractivity contribution >= 4 is 31.4 Å². The molecule has 0 atom stereocenters. The molecule has 0 spiro atoms. The van der Waals surface area contributed by atoms with Gasteiger partial charge in [0.2, 0.25) is 20.0 Å². The number of rotatable bonds is 5. The van der Waals surface area contributed by atoms with E-state index in [1.54, 1.807) is 30.3 Å². The Morgan fingerprint density at radius 3 is 2.46 bits per heavy atom. The summed E-state index contributed by atoms with van der Waals surface area (Å²) in [4.78, 5) is 0. The summed E-state index contributed by atoms with van der Waals surface area (Å²) in [7, 11) is -6.93. The Morgan fingerprint density at radius 2 is 1.81 bits per heavy atom. The predicted octanol–water partition coefficient (Wildman–Crippen LogP) is 2.79. The number of nitrogens with one attached hydrogen (secondary N) is 1. The van der Waals surface area contributed by atoms with E-state index in [0.29, 0.717) is 24.3 Å². The van der Waals surface area contributed by atoms with Crippen molar-refractivity contribution in [2.45, 2.75) is 26.0 Å². The Hall–Kier alpha value is -2.06. The van der Waals surface area contributed by atoms with Gasteiger partial charge in [-0.05, 0) is 49.1 Å². The first kappa shape index (κ1) is 18.7. The van der Waals surface area contributed by atoms with Gasteiger partial charge in [0.05, 0.1) is 22.9 Å². The molecule has 1 saturated heterocycles. The molecule has 0 amide bonds. The SMILES string of the molecule is Cc1ccccc1CS(=O)(=O)Nc1ccc(C)c(N2CCCS2(=O)=O)c1. The van der Waals surface area contributed by atoms with Crippen LogP contribution in [0.1, 0.15) is 23.1 Å². The molecule has 0 saturated carbocycles. The van der Waals surface area contributed by atoms with Crippen molar-refractivity contribution < 1.29 is 16.8 Å². The lowest BCUT2D eigenvalue weighted by Gasteiger charge is -2.20. The standard InChI is InChI=1S/C18H22N2O4S2/c1-14-6-3-4-7-16(14)13-25(21,22)19-17-9-8-15(2)18(12-17)20-10-5-11-26(20,23)24/h3-4,6-9,12,19H,5,10-11,13H2,1-2H3. The van der Waals surface area contributed by atoms with Crippen LogP contribution < -0.4 is 9.03 Å². The van der Waals surface area contributed by atoms with E-state index in [4.69, 9.17) is 0 Å². The molecule has 1 heterocycles. The van der Waals surface area contributed by atoms with Gasteiger partial charge in [0.25, 0.3) is 0 Å². The minimum absolute atomic E-state index is 0.121. The highest BCUT2D eigenvalue weighted by Gasteiger charge is 2.29. The second kappa shape index (κ2) is 6.92. The first-order chi connectivity index (χ1) is 12.2. The fraction of sp³-hybridized carbons (Fsp3) is 0.333. The second-order valence-electron chi connectivity index (χ2n) is 6.53. The smallest absolute Gasteiger partial charge is 0.236 e. The molecular weight excluding hydrogens is 372 g/mol. The Balaban J connectivity index is 1.86.